The Kier molecular flexibility index (Phi) is 6.18. The third-order valence-corrected chi connectivity index (χ3v) is 5.40. The highest BCUT2D eigenvalue weighted by atomic mass is 35.5. The summed E-state index contributed by atoms with van der Waals surface area (Å²) >= 11 is 5.88. The van der Waals surface area contributed by atoms with E-state index in [0.717, 1.165) is 24.7 Å². The van der Waals surface area contributed by atoms with Gasteiger partial charge in [0.1, 0.15) is 0 Å². The van der Waals surface area contributed by atoms with Gasteiger partial charge in [-0.3, -0.25) is 4.79 Å². The number of aryl methyl sites for hydroxylation is 1. The molecule has 0 aliphatic carbocycles. The van der Waals surface area contributed by atoms with Crippen LogP contribution >= 0.6 is 11.6 Å². The summed E-state index contributed by atoms with van der Waals surface area (Å²) in [5.74, 6) is 1.10. The molecule has 1 fully saturated rings. The number of oxazole rings is 1. The number of amides is 1. The average molecular weight is 412 g/mol. The fraction of sp³-hybridized carbons (Fsp3) is 0.444. The Hall–Kier alpha value is -1.90. The van der Waals surface area contributed by atoms with Crippen LogP contribution in [0.25, 0.3) is 11.3 Å². The number of nitrogens with zero attached hydrogens (tertiary/aromatic N) is 2. The van der Waals surface area contributed by atoms with Gasteiger partial charge in [0.15, 0.2) is 11.7 Å². The van der Waals surface area contributed by atoms with Crippen molar-refractivity contribution in [3.05, 3.63) is 41.4 Å². The number of sulfonamides is 1. The zero-order valence-electron chi connectivity index (χ0n) is 15.0. The van der Waals surface area contributed by atoms with Gasteiger partial charge in [0.25, 0.3) is 0 Å². The van der Waals surface area contributed by atoms with Crippen molar-refractivity contribution in [1.29, 1.82) is 0 Å². The van der Waals surface area contributed by atoms with Crippen molar-refractivity contribution in [1.82, 2.24) is 14.6 Å². The Morgan fingerprint density at radius 1 is 1.37 bits per heavy atom. The molecule has 146 valence electrons. The van der Waals surface area contributed by atoms with Gasteiger partial charge in [-0.25, -0.2) is 18.1 Å². The molecule has 1 aromatic carbocycles. The molecule has 9 heteroatoms. The highest BCUT2D eigenvalue weighted by Crippen LogP contribution is 2.23. The summed E-state index contributed by atoms with van der Waals surface area (Å²) < 4.78 is 31.1. The van der Waals surface area contributed by atoms with Crippen molar-refractivity contribution in [2.75, 3.05) is 19.3 Å². The van der Waals surface area contributed by atoms with Gasteiger partial charge < -0.3 is 9.32 Å². The van der Waals surface area contributed by atoms with Crippen LogP contribution in [0.2, 0.25) is 5.02 Å². The molecule has 0 spiro atoms. The predicted molar refractivity (Wildman–Crippen MR) is 103 cm³/mol. The molecular weight excluding hydrogens is 390 g/mol. The quantitative estimate of drug-likeness (QED) is 0.788. The molecule has 0 saturated carbocycles. The maximum absolute atomic E-state index is 12.5. The summed E-state index contributed by atoms with van der Waals surface area (Å²) in [5, 5.41) is 0.647. The first-order valence-electron chi connectivity index (χ1n) is 8.76. The molecule has 3 rings (SSSR count). The highest BCUT2D eigenvalue weighted by molar-refractivity contribution is 7.88. The number of benzene rings is 1. The lowest BCUT2D eigenvalue weighted by Gasteiger charge is -2.32. The molecule has 1 aromatic heterocycles. The molecule has 0 bridgehead atoms. The topological polar surface area (TPSA) is 92.5 Å². The molecule has 1 atom stereocenters. The largest absolute Gasteiger partial charge is 0.441 e. The number of carbonyl (C=O) groups is 1. The lowest BCUT2D eigenvalue weighted by atomic mass is 10.1. The first-order valence-corrected chi connectivity index (χ1v) is 11.0. The Labute approximate surface area is 163 Å². The van der Waals surface area contributed by atoms with E-state index in [0.29, 0.717) is 36.2 Å². The van der Waals surface area contributed by atoms with Crippen LogP contribution in [0, 0.1) is 0 Å². The molecule has 2 heterocycles. The lowest BCUT2D eigenvalue weighted by molar-refractivity contribution is -0.132. The molecule has 27 heavy (non-hydrogen) atoms. The number of nitrogens with one attached hydrogen (secondary N) is 1. The normalized spacial score (nSPS) is 17.9. The molecule has 7 nitrogen and oxygen atoms in total. The Balaban J connectivity index is 1.54. The second-order valence-electron chi connectivity index (χ2n) is 6.69. The summed E-state index contributed by atoms with van der Waals surface area (Å²) in [6.07, 6.45) is 4.95. The van der Waals surface area contributed by atoms with Crippen LogP contribution in [-0.4, -0.2) is 49.6 Å². The van der Waals surface area contributed by atoms with Crippen LogP contribution < -0.4 is 4.72 Å². The number of rotatable bonds is 6. The van der Waals surface area contributed by atoms with Gasteiger partial charge in [0.2, 0.25) is 15.9 Å². The number of hydrogen-bond acceptors (Lipinski definition) is 5. The number of hydrogen-bond donors (Lipinski definition) is 1. The van der Waals surface area contributed by atoms with E-state index in [1.165, 1.54) is 0 Å². The number of carbonyl (C=O) groups excluding carboxylic acids is 1. The van der Waals surface area contributed by atoms with Gasteiger partial charge in [0, 0.05) is 42.6 Å². The SMILES string of the molecule is CS(=O)(=O)NC1CCCN(C(=O)CCc2ncc(-c3ccc(Cl)cc3)o2)C1. The van der Waals surface area contributed by atoms with Gasteiger partial charge in [-0.1, -0.05) is 11.6 Å². The van der Waals surface area contributed by atoms with Crippen molar-refractivity contribution >= 4 is 27.5 Å². The Morgan fingerprint density at radius 2 is 2.11 bits per heavy atom. The second-order valence-corrected chi connectivity index (χ2v) is 8.91. The molecule has 2 aromatic rings. The minimum Gasteiger partial charge on any atom is -0.441 e. The molecule has 0 radical (unpaired) electrons. The smallest absolute Gasteiger partial charge is 0.223 e. The third-order valence-electron chi connectivity index (χ3n) is 4.39. The van der Waals surface area contributed by atoms with Crippen molar-refractivity contribution in [2.24, 2.45) is 0 Å². The highest BCUT2D eigenvalue weighted by Gasteiger charge is 2.25. The first-order chi connectivity index (χ1) is 12.8. The van der Waals surface area contributed by atoms with Crippen molar-refractivity contribution in [3.8, 4) is 11.3 Å². The predicted octanol–water partition coefficient (Wildman–Crippen LogP) is 2.47. The first kappa shape index (κ1) is 19.9. The summed E-state index contributed by atoms with van der Waals surface area (Å²) in [7, 11) is -3.28. The van der Waals surface area contributed by atoms with Crippen molar-refractivity contribution < 1.29 is 17.6 Å². The van der Waals surface area contributed by atoms with Gasteiger partial charge in [-0.2, -0.15) is 0 Å². The molecule has 1 saturated heterocycles. The summed E-state index contributed by atoms with van der Waals surface area (Å²) in [5.41, 5.74) is 0.871. The van der Waals surface area contributed by atoms with Crippen molar-refractivity contribution in [3.63, 3.8) is 0 Å². The number of aromatic nitrogens is 1. The van der Waals surface area contributed by atoms with E-state index in [1.54, 1.807) is 23.2 Å². The van der Waals surface area contributed by atoms with E-state index >= 15 is 0 Å². The van der Waals surface area contributed by atoms with Crippen LogP contribution in [0.5, 0.6) is 0 Å². The van der Waals surface area contributed by atoms with Gasteiger partial charge in [-0.15, -0.1) is 0 Å². The Morgan fingerprint density at radius 3 is 2.81 bits per heavy atom. The van der Waals surface area contributed by atoms with Crippen molar-refractivity contribution in [2.45, 2.75) is 31.7 Å². The van der Waals surface area contributed by atoms with Gasteiger partial charge >= 0.3 is 0 Å². The van der Waals surface area contributed by atoms with Crippen LogP contribution in [0.1, 0.15) is 25.2 Å². The maximum Gasteiger partial charge on any atom is 0.223 e. The molecule has 1 aliphatic rings. The van der Waals surface area contributed by atoms with E-state index in [-0.39, 0.29) is 18.4 Å². The number of halogens is 1. The average Bonchev–Trinajstić information content (AvgIpc) is 3.08. The number of likely N-dealkylation sites (tertiary alicyclic amines) is 1. The van der Waals surface area contributed by atoms with Crippen LogP contribution in [-0.2, 0) is 21.2 Å². The standard InChI is InChI=1S/C18H22ClN3O4S/c1-27(24,25)21-15-3-2-10-22(12-15)18(23)9-8-17-20-11-16(26-17)13-4-6-14(19)7-5-13/h4-7,11,15,21H,2-3,8-10,12H2,1H3. The molecular formula is C18H22ClN3O4S. The van der Waals surface area contributed by atoms with E-state index < -0.39 is 10.0 Å². The van der Waals surface area contributed by atoms with Crippen LogP contribution in [0.3, 0.4) is 0 Å². The zero-order chi connectivity index (χ0) is 19.4. The minimum absolute atomic E-state index is 0.0266. The summed E-state index contributed by atoms with van der Waals surface area (Å²) in [6.45, 7) is 1.04. The molecule has 1 N–H and O–H groups in total. The summed E-state index contributed by atoms with van der Waals surface area (Å²) in [6, 6.07) is 7.02. The molecule has 1 unspecified atom stereocenters. The summed E-state index contributed by atoms with van der Waals surface area (Å²) in [4.78, 5) is 18.4. The van der Waals surface area contributed by atoms with E-state index in [2.05, 4.69) is 9.71 Å². The van der Waals surface area contributed by atoms with Crippen LogP contribution in [0.4, 0.5) is 0 Å². The van der Waals surface area contributed by atoms with Gasteiger partial charge in [-0.05, 0) is 37.1 Å². The lowest BCUT2D eigenvalue weighted by Crippen LogP contribution is -2.49. The fourth-order valence-corrected chi connectivity index (χ4v) is 4.07. The van der Waals surface area contributed by atoms with E-state index in [1.807, 2.05) is 12.1 Å². The number of piperidine rings is 1. The maximum atomic E-state index is 12.5. The van der Waals surface area contributed by atoms with Gasteiger partial charge in [0.05, 0.1) is 12.5 Å². The monoisotopic (exact) mass is 411 g/mol. The second kappa shape index (κ2) is 8.41. The molecule has 1 aliphatic heterocycles. The minimum atomic E-state index is -3.28. The zero-order valence-corrected chi connectivity index (χ0v) is 16.6. The Bertz CT molecular complexity index is 896. The van der Waals surface area contributed by atoms with Crippen LogP contribution in [0.15, 0.2) is 34.9 Å². The fourth-order valence-electron chi connectivity index (χ4n) is 3.15. The molecule has 1 amide bonds. The van der Waals surface area contributed by atoms with E-state index in [4.69, 9.17) is 16.0 Å². The van der Waals surface area contributed by atoms with E-state index in [9.17, 15) is 13.2 Å². The third kappa shape index (κ3) is 5.79.